The molecule has 1 fully saturated rings. The molecule has 0 amide bonds. The number of fused-ring (bicyclic) bond motifs is 1. The minimum atomic E-state index is 0.355. The summed E-state index contributed by atoms with van der Waals surface area (Å²) in [5.41, 5.74) is 8.03. The number of nitrogen functional groups attached to an aromatic ring is 1. The molecular weight excluding hydrogens is 252 g/mol. The van der Waals surface area contributed by atoms with Gasteiger partial charge < -0.3 is 14.9 Å². The zero-order valence-electron chi connectivity index (χ0n) is 12.0. The van der Waals surface area contributed by atoms with Crippen molar-refractivity contribution in [1.82, 2.24) is 4.98 Å². The van der Waals surface area contributed by atoms with Crippen LogP contribution in [-0.4, -0.2) is 11.1 Å². The molecule has 2 N–H and O–H groups in total. The molecule has 20 heavy (non-hydrogen) atoms. The third kappa shape index (κ3) is 2.80. The van der Waals surface area contributed by atoms with Gasteiger partial charge in [-0.1, -0.05) is 26.2 Å². The molecule has 1 aliphatic rings. The molecule has 0 radical (unpaired) electrons. The van der Waals surface area contributed by atoms with Crippen molar-refractivity contribution < 1.29 is 9.15 Å². The van der Waals surface area contributed by atoms with Crippen molar-refractivity contribution in [2.45, 2.75) is 51.7 Å². The van der Waals surface area contributed by atoms with E-state index in [2.05, 4.69) is 11.9 Å². The second kappa shape index (κ2) is 5.83. The third-order valence-corrected chi connectivity index (χ3v) is 4.24. The van der Waals surface area contributed by atoms with Crippen LogP contribution in [0.15, 0.2) is 22.6 Å². The summed E-state index contributed by atoms with van der Waals surface area (Å²) in [6, 6.07) is 5.51. The van der Waals surface area contributed by atoms with Crippen molar-refractivity contribution in [3.8, 4) is 0 Å². The maximum absolute atomic E-state index is 6.04. The lowest BCUT2D eigenvalue weighted by Crippen LogP contribution is -2.27. The number of anilines is 1. The highest BCUT2D eigenvalue weighted by atomic mass is 16.5. The lowest BCUT2D eigenvalue weighted by atomic mass is 9.85. The average Bonchev–Trinajstić information content (AvgIpc) is 2.87. The van der Waals surface area contributed by atoms with Gasteiger partial charge in [-0.05, 0) is 37.0 Å². The lowest BCUT2D eigenvalue weighted by molar-refractivity contribution is -0.0295. The van der Waals surface area contributed by atoms with Gasteiger partial charge in [0, 0.05) is 5.69 Å². The van der Waals surface area contributed by atoms with Crippen molar-refractivity contribution in [2.24, 2.45) is 5.92 Å². The van der Waals surface area contributed by atoms with E-state index in [0.717, 1.165) is 17.5 Å². The van der Waals surface area contributed by atoms with Crippen molar-refractivity contribution in [2.75, 3.05) is 5.73 Å². The minimum Gasteiger partial charge on any atom is -0.438 e. The SMILES string of the molecule is CCC1CCCCC1OCc1nc2cc(N)ccc2o1. The molecule has 1 aromatic carbocycles. The van der Waals surface area contributed by atoms with E-state index in [-0.39, 0.29) is 0 Å². The standard InChI is InChI=1S/C16H22N2O2/c1-2-11-5-3-4-6-14(11)19-10-16-18-13-9-12(17)7-8-15(13)20-16/h7-9,11,14H,2-6,10,17H2,1H3. The Bertz CT molecular complexity index is 579. The number of nitrogens with zero attached hydrogens (tertiary/aromatic N) is 1. The molecule has 1 aliphatic carbocycles. The Morgan fingerprint density at radius 3 is 3.05 bits per heavy atom. The van der Waals surface area contributed by atoms with Gasteiger partial charge in [0.25, 0.3) is 0 Å². The molecule has 2 atom stereocenters. The smallest absolute Gasteiger partial charge is 0.221 e. The summed E-state index contributed by atoms with van der Waals surface area (Å²) in [5, 5.41) is 0. The molecular formula is C16H22N2O2. The maximum atomic E-state index is 6.04. The number of ether oxygens (including phenoxy) is 1. The van der Waals surface area contributed by atoms with Crippen LogP contribution in [0.1, 0.15) is 44.9 Å². The maximum Gasteiger partial charge on any atom is 0.221 e. The molecule has 0 aliphatic heterocycles. The summed E-state index contributed by atoms with van der Waals surface area (Å²) in [6.07, 6.45) is 6.59. The number of aromatic nitrogens is 1. The average molecular weight is 274 g/mol. The van der Waals surface area contributed by atoms with Crippen molar-refractivity contribution in [3.05, 3.63) is 24.1 Å². The molecule has 4 nitrogen and oxygen atoms in total. The van der Waals surface area contributed by atoms with Crippen molar-refractivity contribution in [1.29, 1.82) is 0 Å². The van der Waals surface area contributed by atoms with Gasteiger partial charge in [0.15, 0.2) is 5.58 Å². The first kappa shape index (κ1) is 13.4. The second-order valence-corrected chi connectivity index (χ2v) is 5.64. The summed E-state index contributed by atoms with van der Waals surface area (Å²) in [6.45, 7) is 2.70. The first-order valence-corrected chi connectivity index (χ1v) is 7.53. The van der Waals surface area contributed by atoms with Crippen LogP contribution < -0.4 is 5.73 Å². The molecule has 1 saturated carbocycles. The van der Waals surface area contributed by atoms with Crippen LogP contribution in [0, 0.1) is 5.92 Å². The Hall–Kier alpha value is -1.55. The summed E-state index contributed by atoms with van der Waals surface area (Å²) in [7, 11) is 0. The van der Waals surface area contributed by atoms with Crippen LogP contribution in [0.3, 0.4) is 0 Å². The number of rotatable bonds is 4. The van der Waals surface area contributed by atoms with E-state index in [1.54, 1.807) is 0 Å². The van der Waals surface area contributed by atoms with Gasteiger partial charge in [0.05, 0.1) is 6.10 Å². The topological polar surface area (TPSA) is 61.3 Å². The number of hydrogen-bond donors (Lipinski definition) is 1. The zero-order valence-corrected chi connectivity index (χ0v) is 12.0. The quantitative estimate of drug-likeness (QED) is 0.859. The van der Waals surface area contributed by atoms with Crippen LogP contribution in [0.25, 0.3) is 11.1 Å². The molecule has 0 spiro atoms. The van der Waals surface area contributed by atoms with Gasteiger partial charge in [-0.25, -0.2) is 4.98 Å². The van der Waals surface area contributed by atoms with E-state index in [9.17, 15) is 0 Å². The molecule has 108 valence electrons. The minimum absolute atomic E-state index is 0.355. The predicted molar refractivity (Wildman–Crippen MR) is 79.2 cm³/mol. The number of nitrogens with two attached hydrogens (primary N) is 1. The highest BCUT2D eigenvalue weighted by molar-refractivity contribution is 5.76. The van der Waals surface area contributed by atoms with Gasteiger partial charge in [-0.3, -0.25) is 0 Å². The van der Waals surface area contributed by atoms with E-state index in [1.165, 1.54) is 25.7 Å². The molecule has 2 unspecified atom stereocenters. The van der Waals surface area contributed by atoms with Gasteiger partial charge in [-0.15, -0.1) is 0 Å². The number of benzene rings is 1. The Kier molecular flexibility index (Phi) is 3.92. The van der Waals surface area contributed by atoms with E-state index in [4.69, 9.17) is 14.9 Å². The van der Waals surface area contributed by atoms with Gasteiger partial charge in [0.2, 0.25) is 5.89 Å². The lowest BCUT2D eigenvalue weighted by Gasteiger charge is -2.30. The summed E-state index contributed by atoms with van der Waals surface area (Å²) < 4.78 is 11.7. The van der Waals surface area contributed by atoms with Crippen LogP contribution in [0.5, 0.6) is 0 Å². The fourth-order valence-corrected chi connectivity index (χ4v) is 3.09. The molecule has 1 heterocycles. The molecule has 4 heteroatoms. The van der Waals surface area contributed by atoms with E-state index in [0.29, 0.717) is 30.2 Å². The Labute approximate surface area is 119 Å². The normalized spacial score (nSPS) is 23.2. The first-order valence-electron chi connectivity index (χ1n) is 7.53. The Morgan fingerprint density at radius 2 is 2.20 bits per heavy atom. The number of hydrogen-bond acceptors (Lipinski definition) is 4. The fraction of sp³-hybridized carbons (Fsp3) is 0.562. The second-order valence-electron chi connectivity index (χ2n) is 5.64. The highest BCUT2D eigenvalue weighted by Gasteiger charge is 2.24. The van der Waals surface area contributed by atoms with Gasteiger partial charge in [-0.2, -0.15) is 0 Å². The molecule has 0 bridgehead atoms. The fourth-order valence-electron chi connectivity index (χ4n) is 3.09. The van der Waals surface area contributed by atoms with Gasteiger partial charge in [0.1, 0.15) is 12.1 Å². The molecule has 1 aromatic heterocycles. The summed E-state index contributed by atoms with van der Waals surface area (Å²) >= 11 is 0. The van der Waals surface area contributed by atoms with E-state index < -0.39 is 0 Å². The Morgan fingerprint density at radius 1 is 1.35 bits per heavy atom. The Balaban J connectivity index is 1.67. The summed E-state index contributed by atoms with van der Waals surface area (Å²) in [5.74, 6) is 1.33. The largest absolute Gasteiger partial charge is 0.438 e. The van der Waals surface area contributed by atoms with Gasteiger partial charge >= 0.3 is 0 Å². The van der Waals surface area contributed by atoms with Crippen LogP contribution in [0.2, 0.25) is 0 Å². The zero-order chi connectivity index (χ0) is 13.9. The van der Waals surface area contributed by atoms with Crippen molar-refractivity contribution in [3.63, 3.8) is 0 Å². The predicted octanol–water partition coefficient (Wildman–Crippen LogP) is 3.90. The monoisotopic (exact) mass is 274 g/mol. The number of oxazole rings is 1. The molecule has 3 rings (SSSR count). The third-order valence-electron chi connectivity index (χ3n) is 4.24. The van der Waals surface area contributed by atoms with E-state index >= 15 is 0 Å². The van der Waals surface area contributed by atoms with E-state index in [1.807, 2.05) is 18.2 Å². The van der Waals surface area contributed by atoms with Crippen LogP contribution in [-0.2, 0) is 11.3 Å². The molecule has 2 aromatic rings. The van der Waals surface area contributed by atoms with Crippen LogP contribution >= 0.6 is 0 Å². The highest BCUT2D eigenvalue weighted by Crippen LogP contribution is 2.30. The first-order chi connectivity index (χ1) is 9.76. The van der Waals surface area contributed by atoms with Crippen LogP contribution in [0.4, 0.5) is 5.69 Å². The van der Waals surface area contributed by atoms with Crippen molar-refractivity contribution >= 4 is 16.8 Å². The molecule has 0 saturated heterocycles. The summed E-state index contributed by atoms with van der Waals surface area (Å²) in [4.78, 5) is 4.44.